The number of rotatable bonds is 7. The van der Waals surface area contributed by atoms with Gasteiger partial charge in [0.2, 0.25) is 5.88 Å². The summed E-state index contributed by atoms with van der Waals surface area (Å²) in [5.74, 6) is 0.629. The van der Waals surface area contributed by atoms with Crippen molar-refractivity contribution in [1.82, 2.24) is 10.3 Å². The van der Waals surface area contributed by atoms with Crippen molar-refractivity contribution in [2.75, 3.05) is 6.54 Å². The number of benzene rings is 1. The lowest BCUT2D eigenvalue weighted by Crippen LogP contribution is -2.13. The highest BCUT2D eigenvalue weighted by molar-refractivity contribution is 6.30. The maximum Gasteiger partial charge on any atom is 0.213 e. The van der Waals surface area contributed by atoms with E-state index >= 15 is 0 Å². The van der Waals surface area contributed by atoms with Gasteiger partial charge in [0, 0.05) is 23.8 Å². The summed E-state index contributed by atoms with van der Waals surface area (Å²) in [6, 6.07) is 11.6. The number of hydrogen-bond donors (Lipinski definition) is 1. The first-order valence-corrected chi connectivity index (χ1v) is 7.18. The third kappa shape index (κ3) is 4.83. The van der Waals surface area contributed by atoms with E-state index in [1.807, 2.05) is 42.6 Å². The van der Waals surface area contributed by atoms with Crippen LogP contribution in [0.25, 0.3) is 0 Å². The van der Waals surface area contributed by atoms with Gasteiger partial charge >= 0.3 is 0 Å². The highest BCUT2D eigenvalue weighted by Crippen LogP contribution is 2.14. The minimum atomic E-state index is 0.473. The monoisotopic (exact) mass is 290 g/mol. The molecular weight excluding hydrogens is 272 g/mol. The second kappa shape index (κ2) is 7.88. The third-order valence-electron chi connectivity index (χ3n) is 2.83. The number of pyridine rings is 1. The highest BCUT2D eigenvalue weighted by atomic mass is 35.5. The fourth-order valence-electron chi connectivity index (χ4n) is 1.79. The molecule has 3 nitrogen and oxygen atoms in total. The summed E-state index contributed by atoms with van der Waals surface area (Å²) in [4.78, 5) is 4.30. The van der Waals surface area contributed by atoms with E-state index in [0.29, 0.717) is 12.5 Å². The van der Waals surface area contributed by atoms with E-state index < -0.39 is 0 Å². The first kappa shape index (κ1) is 14.8. The lowest BCUT2D eigenvalue weighted by molar-refractivity contribution is 0.293. The predicted molar refractivity (Wildman–Crippen MR) is 82.0 cm³/mol. The average Bonchev–Trinajstić information content (AvgIpc) is 2.47. The lowest BCUT2D eigenvalue weighted by Gasteiger charge is -2.07. The Kier molecular flexibility index (Phi) is 5.84. The molecule has 2 rings (SSSR count). The van der Waals surface area contributed by atoms with E-state index in [0.717, 1.165) is 35.7 Å². The van der Waals surface area contributed by atoms with Crippen molar-refractivity contribution in [2.24, 2.45) is 0 Å². The molecule has 4 heteroatoms. The van der Waals surface area contributed by atoms with Gasteiger partial charge < -0.3 is 10.1 Å². The summed E-state index contributed by atoms with van der Waals surface area (Å²) in [5.41, 5.74) is 2.20. The van der Waals surface area contributed by atoms with Crippen LogP contribution < -0.4 is 10.1 Å². The number of hydrogen-bond acceptors (Lipinski definition) is 3. The molecule has 0 aliphatic rings. The van der Waals surface area contributed by atoms with Gasteiger partial charge in [-0.25, -0.2) is 4.98 Å². The molecule has 2 aromatic rings. The van der Waals surface area contributed by atoms with E-state index in [2.05, 4.69) is 17.2 Å². The first-order valence-electron chi connectivity index (χ1n) is 6.81. The highest BCUT2D eigenvalue weighted by Gasteiger charge is 1.99. The van der Waals surface area contributed by atoms with Crippen LogP contribution in [0.1, 0.15) is 24.5 Å². The van der Waals surface area contributed by atoms with Crippen LogP contribution in [0.15, 0.2) is 42.6 Å². The second-order valence-electron chi connectivity index (χ2n) is 4.60. The van der Waals surface area contributed by atoms with Crippen molar-refractivity contribution in [3.63, 3.8) is 0 Å². The summed E-state index contributed by atoms with van der Waals surface area (Å²) in [6.45, 7) is 4.49. The molecule has 1 heterocycles. The quantitative estimate of drug-likeness (QED) is 0.787. The van der Waals surface area contributed by atoms with Gasteiger partial charge in [-0.05, 0) is 36.2 Å². The Bertz CT molecular complexity index is 528. The molecule has 0 atom stereocenters. The molecule has 106 valence electrons. The molecule has 0 amide bonds. The Morgan fingerprint density at radius 1 is 1.20 bits per heavy atom. The largest absolute Gasteiger partial charge is 0.473 e. The van der Waals surface area contributed by atoms with Crippen molar-refractivity contribution >= 4 is 11.6 Å². The zero-order valence-corrected chi connectivity index (χ0v) is 12.4. The molecule has 0 spiro atoms. The fraction of sp³-hybridized carbons (Fsp3) is 0.312. The van der Waals surface area contributed by atoms with Crippen LogP contribution in [-0.2, 0) is 13.2 Å². The van der Waals surface area contributed by atoms with Crippen LogP contribution >= 0.6 is 11.6 Å². The number of halogens is 1. The molecule has 0 saturated heterocycles. The van der Waals surface area contributed by atoms with Crippen molar-refractivity contribution in [3.8, 4) is 5.88 Å². The van der Waals surface area contributed by atoms with E-state index in [4.69, 9.17) is 16.3 Å². The Morgan fingerprint density at radius 3 is 2.80 bits per heavy atom. The Morgan fingerprint density at radius 2 is 2.10 bits per heavy atom. The van der Waals surface area contributed by atoms with Gasteiger partial charge in [0.15, 0.2) is 0 Å². The molecule has 0 aliphatic heterocycles. The maximum absolute atomic E-state index is 5.93. The van der Waals surface area contributed by atoms with E-state index in [9.17, 15) is 0 Å². The molecule has 0 radical (unpaired) electrons. The third-order valence-corrected chi connectivity index (χ3v) is 3.06. The van der Waals surface area contributed by atoms with Gasteiger partial charge in [-0.1, -0.05) is 36.7 Å². The van der Waals surface area contributed by atoms with Crippen LogP contribution in [0.5, 0.6) is 5.88 Å². The Hall–Kier alpha value is -1.58. The molecular formula is C16H19ClN2O. The van der Waals surface area contributed by atoms with Crippen LogP contribution in [0.3, 0.4) is 0 Å². The summed E-state index contributed by atoms with van der Waals surface area (Å²) in [6.07, 6.45) is 2.98. The zero-order valence-electron chi connectivity index (χ0n) is 11.6. The number of ether oxygens (including phenoxy) is 1. The van der Waals surface area contributed by atoms with Gasteiger partial charge in [0.05, 0.1) is 0 Å². The molecule has 0 fully saturated rings. The SMILES string of the molecule is CCCNCc1ccc(OCc2cccc(Cl)c2)nc1. The number of aromatic nitrogens is 1. The van der Waals surface area contributed by atoms with Crippen molar-refractivity contribution in [3.05, 3.63) is 58.7 Å². The minimum Gasteiger partial charge on any atom is -0.473 e. The van der Waals surface area contributed by atoms with Crippen LogP contribution in [-0.4, -0.2) is 11.5 Å². The molecule has 1 aromatic heterocycles. The Labute approximate surface area is 124 Å². The van der Waals surface area contributed by atoms with Gasteiger partial charge in [-0.15, -0.1) is 0 Å². The molecule has 0 unspecified atom stereocenters. The van der Waals surface area contributed by atoms with Gasteiger partial charge in [-0.3, -0.25) is 0 Å². The van der Waals surface area contributed by atoms with Crippen molar-refractivity contribution in [2.45, 2.75) is 26.5 Å². The first-order chi connectivity index (χ1) is 9.78. The summed E-state index contributed by atoms with van der Waals surface area (Å²) >= 11 is 5.93. The van der Waals surface area contributed by atoms with Gasteiger partial charge in [0.1, 0.15) is 6.61 Å². The zero-order chi connectivity index (χ0) is 14.2. The van der Waals surface area contributed by atoms with Crippen LogP contribution in [0, 0.1) is 0 Å². The topological polar surface area (TPSA) is 34.1 Å². The normalized spacial score (nSPS) is 10.5. The van der Waals surface area contributed by atoms with Gasteiger partial charge in [-0.2, -0.15) is 0 Å². The van der Waals surface area contributed by atoms with E-state index in [1.165, 1.54) is 0 Å². The van der Waals surface area contributed by atoms with E-state index in [-0.39, 0.29) is 0 Å². The molecule has 0 aliphatic carbocycles. The average molecular weight is 291 g/mol. The molecule has 0 bridgehead atoms. The van der Waals surface area contributed by atoms with Gasteiger partial charge in [0.25, 0.3) is 0 Å². The standard InChI is InChI=1S/C16H19ClN2O/c1-2-8-18-10-14-6-7-16(19-11-14)20-12-13-4-3-5-15(17)9-13/h3-7,9,11,18H,2,8,10,12H2,1H3. The van der Waals surface area contributed by atoms with E-state index in [1.54, 1.807) is 0 Å². The van der Waals surface area contributed by atoms with Crippen LogP contribution in [0.2, 0.25) is 5.02 Å². The summed E-state index contributed by atoms with van der Waals surface area (Å²) < 4.78 is 5.64. The number of nitrogens with zero attached hydrogens (tertiary/aromatic N) is 1. The molecule has 20 heavy (non-hydrogen) atoms. The second-order valence-corrected chi connectivity index (χ2v) is 5.04. The van der Waals surface area contributed by atoms with Crippen LogP contribution in [0.4, 0.5) is 0 Å². The maximum atomic E-state index is 5.93. The summed E-state index contributed by atoms with van der Waals surface area (Å²) in [7, 11) is 0. The molecule has 1 N–H and O–H groups in total. The summed E-state index contributed by atoms with van der Waals surface area (Å²) in [5, 5.41) is 4.06. The smallest absolute Gasteiger partial charge is 0.213 e. The fourth-order valence-corrected chi connectivity index (χ4v) is 2.01. The molecule has 1 aromatic carbocycles. The Balaban J connectivity index is 1.84. The lowest BCUT2D eigenvalue weighted by atomic mass is 10.2. The minimum absolute atomic E-state index is 0.473. The predicted octanol–water partition coefficient (Wildman–Crippen LogP) is 3.81. The van der Waals surface area contributed by atoms with Crippen molar-refractivity contribution in [1.29, 1.82) is 0 Å². The van der Waals surface area contributed by atoms with Crippen molar-refractivity contribution < 1.29 is 4.74 Å². The molecule has 0 saturated carbocycles. The number of nitrogens with one attached hydrogen (secondary N) is 1.